The van der Waals surface area contributed by atoms with E-state index in [-0.39, 0.29) is 5.91 Å². The van der Waals surface area contributed by atoms with Crippen LogP contribution in [0.3, 0.4) is 0 Å². The predicted octanol–water partition coefficient (Wildman–Crippen LogP) is 2.14. The summed E-state index contributed by atoms with van der Waals surface area (Å²) in [4.78, 5) is 13.6. The van der Waals surface area contributed by atoms with E-state index in [1.165, 1.54) is 0 Å². The molecule has 0 aromatic carbocycles. The summed E-state index contributed by atoms with van der Waals surface area (Å²) in [7, 11) is 0. The minimum absolute atomic E-state index is 0.0835. The molecule has 1 aromatic rings. The summed E-state index contributed by atoms with van der Waals surface area (Å²) in [6.07, 6.45) is 5.21. The van der Waals surface area contributed by atoms with Gasteiger partial charge in [0.25, 0.3) is 5.91 Å². The first-order valence-corrected chi connectivity index (χ1v) is 6.01. The Hall–Kier alpha value is -1.62. The van der Waals surface area contributed by atoms with E-state index in [9.17, 15) is 4.79 Å². The fraction of sp³-hybridized carbons (Fsp3) is 0.333. The molecule has 1 amide bonds. The van der Waals surface area contributed by atoms with Gasteiger partial charge in [0.1, 0.15) is 11.5 Å². The van der Waals surface area contributed by atoms with E-state index in [1.54, 1.807) is 29.4 Å². The average molecular weight is 250 g/mol. The van der Waals surface area contributed by atoms with Crippen LogP contribution in [0.4, 0.5) is 0 Å². The van der Waals surface area contributed by atoms with Crippen molar-refractivity contribution in [3.63, 3.8) is 0 Å². The quantitative estimate of drug-likeness (QED) is 0.657. The van der Waals surface area contributed by atoms with Gasteiger partial charge < -0.3 is 9.73 Å². The molecule has 0 unspecified atom stereocenters. The van der Waals surface area contributed by atoms with Gasteiger partial charge in [-0.3, -0.25) is 9.69 Å². The highest BCUT2D eigenvalue weighted by atomic mass is 32.1. The van der Waals surface area contributed by atoms with Gasteiger partial charge in [-0.1, -0.05) is 13.3 Å². The van der Waals surface area contributed by atoms with Gasteiger partial charge in [-0.15, -0.1) is 0 Å². The number of amides is 1. The van der Waals surface area contributed by atoms with Gasteiger partial charge in [-0.05, 0) is 30.8 Å². The molecule has 0 spiro atoms. The smallest absolute Gasteiger partial charge is 0.276 e. The molecule has 0 radical (unpaired) electrons. The lowest BCUT2D eigenvalue weighted by molar-refractivity contribution is -0.122. The first-order chi connectivity index (χ1) is 8.22. The topological polar surface area (TPSA) is 45.5 Å². The molecule has 2 heterocycles. The summed E-state index contributed by atoms with van der Waals surface area (Å²) in [5, 5.41) is 3.38. The molecule has 90 valence electrons. The predicted molar refractivity (Wildman–Crippen MR) is 69.0 cm³/mol. The van der Waals surface area contributed by atoms with Crippen molar-refractivity contribution in [1.82, 2.24) is 10.2 Å². The van der Waals surface area contributed by atoms with E-state index in [1.807, 2.05) is 0 Å². The lowest BCUT2D eigenvalue weighted by Gasteiger charge is -2.12. The molecule has 1 aliphatic rings. The van der Waals surface area contributed by atoms with E-state index < -0.39 is 0 Å². The van der Waals surface area contributed by atoms with Crippen molar-refractivity contribution in [2.24, 2.45) is 0 Å². The molecule has 1 saturated heterocycles. The number of thiocarbonyl (C=S) groups is 1. The van der Waals surface area contributed by atoms with Crippen molar-refractivity contribution < 1.29 is 9.21 Å². The highest BCUT2D eigenvalue weighted by molar-refractivity contribution is 7.80. The zero-order valence-electron chi connectivity index (χ0n) is 9.60. The Morgan fingerprint density at radius 2 is 2.41 bits per heavy atom. The minimum atomic E-state index is -0.0835. The molecular weight excluding hydrogens is 236 g/mol. The number of hydrogen-bond donors (Lipinski definition) is 1. The maximum Gasteiger partial charge on any atom is 0.276 e. The second-order valence-corrected chi connectivity index (χ2v) is 4.20. The van der Waals surface area contributed by atoms with Crippen molar-refractivity contribution in [3.05, 3.63) is 29.9 Å². The van der Waals surface area contributed by atoms with Crippen molar-refractivity contribution in [1.29, 1.82) is 0 Å². The van der Waals surface area contributed by atoms with E-state index in [0.717, 1.165) is 12.8 Å². The minimum Gasteiger partial charge on any atom is -0.465 e. The first kappa shape index (κ1) is 11.9. The second kappa shape index (κ2) is 5.14. The molecule has 0 bridgehead atoms. The third-order valence-electron chi connectivity index (χ3n) is 2.53. The van der Waals surface area contributed by atoms with Crippen LogP contribution in [0.25, 0.3) is 6.08 Å². The zero-order valence-corrected chi connectivity index (χ0v) is 10.4. The molecule has 4 nitrogen and oxygen atoms in total. The molecule has 0 aliphatic carbocycles. The Balaban J connectivity index is 2.13. The third-order valence-corrected chi connectivity index (χ3v) is 2.85. The highest BCUT2D eigenvalue weighted by Crippen LogP contribution is 2.15. The number of furan rings is 1. The number of carbonyl (C=O) groups excluding carboxylic acids is 1. The van der Waals surface area contributed by atoms with E-state index in [2.05, 4.69) is 12.2 Å². The Labute approximate surface area is 105 Å². The Bertz CT molecular complexity index is 451. The van der Waals surface area contributed by atoms with Crippen LogP contribution in [0.1, 0.15) is 25.5 Å². The van der Waals surface area contributed by atoms with E-state index >= 15 is 0 Å². The Morgan fingerprint density at radius 3 is 3.06 bits per heavy atom. The average Bonchev–Trinajstić information content (AvgIpc) is 2.89. The fourth-order valence-electron chi connectivity index (χ4n) is 1.61. The maximum atomic E-state index is 12.0. The van der Waals surface area contributed by atoms with Gasteiger partial charge in [0, 0.05) is 12.6 Å². The number of nitrogens with zero attached hydrogens (tertiary/aromatic N) is 1. The fourth-order valence-corrected chi connectivity index (χ4v) is 1.89. The Kier molecular flexibility index (Phi) is 3.58. The van der Waals surface area contributed by atoms with Crippen LogP contribution in [0, 0.1) is 0 Å². The molecule has 1 aromatic heterocycles. The highest BCUT2D eigenvalue weighted by Gasteiger charge is 2.29. The van der Waals surface area contributed by atoms with Gasteiger partial charge in [0.05, 0.1) is 6.26 Å². The van der Waals surface area contributed by atoms with Crippen LogP contribution < -0.4 is 5.32 Å². The molecular formula is C12H14N2O2S. The van der Waals surface area contributed by atoms with Crippen molar-refractivity contribution in [3.8, 4) is 0 Å². The Morgan fingerprint density at radius 1 is 1.59 bits per heavy atom. The van der Waals surface area contributed by atoms with Gasteiger partial charge in [-0.2, -0.15) is 0 Å². The van der Waals surface area contributed by atoms with Gasteiger partial charge in [0.2, 0.25) is 0 Å². The number of rotatable bonds is 4. The number of hydrogen-bond acceptors (Lipinski definition) is 3. The van der Waals surface area contributed by atoms with Crippen molar-refractivity contribution in [2.75, 3.05) is 6.54 Å². The first-order valence-electron chi connectivity index (χ1n) is 5.60. The van der Waals surface area contributed by atoms with Crippen LogP contribution in [0.2, 0.25) is 0 Å². The van der Waals surface area contributed by atoms with Crippen LogP contribution in [0.5, 0.6) is 0 Å². The van der Waals surface area contributed by atoms with Crippen molar-refractivity contribution >= 4 is 29.3 Å². The lowest BCUT2D eigenvalue weighted by Crippen LogP contribution is -2.31. The molecule has 5 heteroatoms. The summed E-state index contributed by atoms with van der Waals surface area (Å²) in [5.74, 6) is 0.556. The maximum absolute atomic E-state index is 12.0. The lowest BCUT2D eigenvalue weighted by atomic mass is 10.3. The van der Waals surface area contributed by atoms with Gasteiger partial charge in [-0.25, -0.2) is 0 Å². The largest absolute Gasteiger partial charge is 0.465 e. The van der Waals surface area contributed by atoms with Crippen LogP contribution in [-0.2, 0) is 4.79 Å². The normalized spacial score (nSPS) is 17.9. The standard InChI is InChI=1S/C12H14N2O2S/c1-2-3-6-14-11(15)10(13-12(14)17)8-9-5-4-7-16-9/h4-5,7-8H,2-3,6H2,1H3,(H,13,17). The second-order valence-electron chi connectivity index (χ2n) is 3.81. The number of nitrogens with one attached hydrogen (secondary N) is 1. The summed E-state index contributed by atoms with van der Waals surface area (Å²) in [6.45, 7) is 2.74. The number of unbranched alkanes of at least 4 members (excludes halogenated alkanes) is 1. The monoisotopic (exact) mass is 250 g/mol. The van der Waals surface area contributed by atoms with E-state index in [0.29, 0.717) is 23.1 Å². The molecule has 0 saturated carbocycles. The molecule has 17 heavy (non-hydrogen) atoms. The van der Waals surface area contributed by atoms with Gasteiger partial charge in [0.15, 0.2) is 5.11 Å². The molecule has 1 N–H and O–H groups in total. The number of carbonyl (C=O) groups is 1. The summed E-state index contributed by atoms with van der Waals surface area (Å²) in [6, 6.07) is 3.57. The molecule has 2 rings (SSSR count). The third kappa shape index (κ3) is 2.55. The van der Waals surface area contributed by atoms with Crippen molar-refractivity contribution in [2.45, 2.75) is 19.8 Å². The molecule has 0 atom stereocenters. The molecule has 1 aliphatic heterocycles. The van der Waals surface area contributed by atoms with Crippen LogP contribution in [-0.4, -0.2) is 22.5 Å². The SMILES string of the molecule is CCCCN1C(=O)C(=Cc2ccco2)NC1=S. The van der Waals surface area contributed by atoms with E-state index in [4.69, 9.17) is 16.6 Å². The van der Waals surface area contributed by atoms with Gasteiger partial charge >= 0.3 is 0 Å². The molecule has 1 fully saturated rings. The summed E-state index contributed by atoms with van der Waals surface area (Å²) >= 11 is 5.13. The van der Waals surface area contributed by atoms with Crippen LogP contribution >= 0.6 is 12.2 Å². The summed E-state index contributed by atoms with van der Waals surface area (Å²) < 4.78 is 5.16. The van der Waals surface area contributed by atoms with Crippen LogP contribution in [0.15, 0.2) is 28.5 Å². The zero-order chi connectivity index (χ0) is 12.3. The summed E-state index contributed by atoms with van der Waals surface area (Å²) in [5.41, 5.74) is 0.473.